The van der Waals surface area contributed by atoms with E-state index in [0.29, 0.717) is 47.7 Å². The fourth-order valence-electron chi connectivity index (χ4n) is 6.39. The molecule has 7 rings (SSSR count). The molecular formula is C33H37N9O4. The zero-order valence-electron chi connectivity index (χ0n) is 26.0. The van der Waals surface area contributed by atoms with E-state index in [1.165, 1.54) is 5.56 Å². The molecule has 2 aliphatic rings. The van der Waals surface area contributed by atoms with Gasteiger partial charge in [0.2, 0.25) is 0 Å². The number of aromatic nitrogens is 6. The number of esters is 1. The summed E-state index contributed by atoms with van der Waals surface area (Å²) in [7, 11) is 1.64. The monoisotopic (exact) mass is 623 g/mol. The third-order valence-corrected chi connectivity index (χ3v) is 8.83. The Balaban J connectivity index is 1.19. The Morgan fingerprint density at radius 3 is 2.83 bits per heavy atom. The predicted molar refractivity (Wildman–Crippen MR) is 172 cm³/mol. The molecule has 1 saturated heterocycles. The Morgan fingerprint density at radius 1 is 1.13 bits per heavy atom. The number of carbonyl (C=O) groups is 2. The van der Waals surface area contributed by atoms with Crippen LogP contribution in [0.3, 0.4) is 0 Å². The van der Waals surface area contributed by atoms with Crippen LogP contribution in [0.1, 0.15) is 42.2 Å². The number of nitrogens with zero attached hydrogens (tertiary/aromatic N) is 7. The molecule has 1 aromatic carbocycles. The molecule has 0 saturated carbocycles. The minimum atomic E-state index is -0.282. The van der Waals surface area contributed by atoms with Gasteiger partial charge in [0.25, 0.3) is 5.91 Å². The smallest absolute Gasteiger partial charge is 0.309 e. The molecule has 238 valence electrons. The van der Waals surface area contributed by atoms with Crippen molar-refractivity contribution in [1.82, 2.24) is 39.6 Å². The maximum atomic E-state index is 13.7. The third-order valence-electron chi connectivity index (χ3n) is 8.83. The number of benzene rings is 1. The molecule has 4 aromatic heterocycles. The molecule has 46 heavy (non-hydrogen) atoms. The molecule has 2 N–H and O–H groups in total. The highest BCUT2D eigenvalue weighted by Gasteiger charge is 2.27. The summed E-state index contributed by atoms with van der Waals surface area (Å²) >= 11 is 0. The molecule has 2 aliphatic heterocycles. The Labute approximate surface area is 265 Å². The molecule has 5 aromatic rings. The summed E-state index contributed by atoms with van der Waals surface area (Å²) in [5, 5.41) is 16.5. The summed E-state index contributed by atoms with van der Waals surface area (Å²) in [4.78, 5) is 37.3. The highest BCUT2D eigenvalue weighted by molar-refractivity contribution is 6.05. The van der Waals surface area contributed by atoms with Crippen molar-refractivity contribution in [3.05, 3.63) is 60.3 Å². The lowest BCUT2D eigenvalue weighted by molar-refractivity contribution is -0.149. The van der Waals surface area contributed by atoms with Crippen LogP contribution in [0, 0.1) is 5.92 Å². The number of amides is 1. The van der Waals surface area contributed by atoms with Crippen molar-refractivity contribution in [3.63, 3.8) is 0 Å². The first-order valence-corrected chi connectivity index (χ1v) is 15.8. The molecule has 6 heterocycles. The first-order valence-electron chi connectivity index (χ1n) is 15.8. The molecule has 0 unspecified atom stereocenters. The average molecular weight is 624 g/mol. The zero-order chi connectivity index (χ0) is 31.6. The largest absolute Gasteiger partial charge is 0.494 e. The van der Waals surface area contributed by atoms with Gasteiger partial charge in [-0.15, -0.1) is 0 Å². The first kappa shape index (κ1) is 29.7. The molecule has 1 fully saturated rings. The fraction of sp³-hybridized carbons (Fsp3) is 0.394. The van der Waals surface area contributed by atoms with E-state index in [-0.39, 0.29) is 23.5 Å². The van der Waals surface area contributed by atoms with Crippen LogP contribution in [0.15, 0.2) is 49.1 Å². The summed E-state index contributed by atoms with van der Waals surface area (Å²) in [6, 6.07) is 7.84. The van der Waals surface area contributed by atoms with Gasteiger partial charge in [0.05, 0.1) is 48.0 Å². The summed E-state index contributed by atoms with van der Waals surface area (Å²) in [5.74, 6) is 0.202. The van der Waals surface area contributed by atoms with Crippen molar-refractivity contribution in [3.8, 4) is 22.7 Å². The number of ether oxygens (including phenoxy) is 2. The van der Waals surface area contributed by atoms with Gasteiger partial charge in [0.1, 0.15) is 11.4 Å². The van der Waals surface area contributed by atoms with Gasteiger partial charge < -0.3 is 25.0 Å². The second-order valence-electron chi connectivity index (χ2n) is 11.6. The van der Waals surface area contributed by atoms with Crippen LogP contribution in [-0.2, 0) is 16.0 Å². The summed E-state index contributed by atoms with van der Waals surface area (Å²) < 4.78 is 14.5. The molecule has 0 aliphatic carbocycles. The number of rotatable bonds is 9. The van der Waals surface area contributed by atoms with Gasteiger partial charge in [0.15, 0.2) is 11.3 Å². The third kappa shape index (κ3) is 5.62. The highest BCUT2D eigenvalue weighted by atomic mass is 16.5. The zero-order valence-corrected chi connectivity index (χ0v) is 26.0. The summed E-state index contributed by atoms with van der Waals surface area (Å²) in [6.07, 6.45) is 10.5. The van der Waals surface area contributed by atoms with Gasteiger partial charge >= 0.3 is 5.97 Å². The maximum absolute atomic E-state index is 13.7. The van der Waals surface area contributed by atoms with Crippen molar-refractivity contribution in [2.75, 3.05) is 51.8 Å². The van der Waals surface area contributed by atoms with Gasteiger partial charge in [0, 0.05) is 50.0 Å². The molecule has 0 radical (unpaired) electrons. The van der Waals surface area contributed by atoms with Gasteiger partial charge in [-0.25, -0.2) is 14.2 Å². The van der Waals surface area contributed by atoms with Gasteiger partial charge in [-0.3, -0.25) is 14.6 Å². The lowest BCUT2D eigenvalue weighted by Crippen LogP contribution is -2.41. The number of likely N-dealkylation sites (tertiary alicyclic amines) is 1. The van der Waals surface area contributed by atoms with Gasteiger partial charge in [-0.05, 0) is 69.5 Å². The molecule has 0 spiro atoms. The second kappa shape index (κ2) is 12.8. The second-order valence-corrected chi connectivity index (χ2v) is 11.6. The molecule has 0 bridgehead atoms. The number of nitrogens with one attached hydrogen (secondary N) is 2. The number of hydrogen-bond donors (Lipinski definition) is 2. The molecule has 13 heteroatoms. The number of fused-ring (bicyclic) bond motifs is 3. The fourth-order valence-corrected chi connectivity index (χ4v) is 6.39. The number of pyridine rings is 1. The SMILES string of the molecule is CCOC(=O)C1CCN(CCNC(=O)c2nn(-c3cc4c(cc3OC)NCCC4)c3cc(-c4cnn5cccnc45)ncc23)CC1. The van der Waals surface area contributed by atoms with Gasteiger partial charge in [-0.2, -0.15) is 10.2 Å². The van der Waals surface area contributed by atoms with E-state index in [9.17, 15) is 9.59 Å². The Morgan fingerprint density at radius 2 is 2.00 bits per heavy atom. The number of carbonyl (C=O) groups excluding carboxylic acids is 2. The van der Waals surface area contributed by atoms with Crippen LogP contribution in [0.25, 0.3) is 33.5 Å². The van der Waals surface area contributed by atoms with Crippen LogP contribution < -0.4 is 15.4 Å². The highest BCUT2D eigenvalue weighted by Crippen LogP contribution is 2.36. The van der Waals surface area contributed by atoms with E-state index in [1.54, 1.807) is 34.9 Å². The molecular weight excluding hydrogens is 586 g/mol. The van der Waals surface area contributed by atoms with Crippen molar-refractivity contribution in [1.29, 1.82) is 0 Å². The van der Waals surface area contributed by atoms with Gasteiger partial charge in [-0.1, -0.05) is 0 Å². The van der Waals surface area contributed by atoms with Crippen molar-refractivity contribution >= 4 is 34.1 Å². The number of methoxy groups -OCH3 is 1. The summed E-state index contributed by atoms with van der Waals surface area (Å²) in [6.45, 7) is 5.85. The summed E-state index contributed by atoms with van der Waals surface area (Å²) in [5.41, 5.74) is 6.08. The van der Waals surface area contributed by atoms with Crippen LogP contribution in [0.5, 0.6) is 5.75 Å². The number of piperidine rings is 1. The molecule has 13 nitrogen and oxygen atoms in total. The van der Waals surface area contributed by atoms with E-state index in [4.69, 9.17) is 19.6 Å². The van der Waals surface area contributed by atoms with Crippen LogP contribution >= 0.6 is 0 Å². The normalized spacial score (nSPS) is 15.4. The van der Waals surface area contributed by atoms with E-state index >= 15 is 0 Å². The van der Waals surface area contributed by atoms with Crippen LogP contribution in [-0.4, -0.2) is 92.6 Å². The van der Waals surface area contributed by atoms with E-state index in [1.807, 2.05) is 31.3 Å². The van der Waals surface area contributed by atoms with E-state index < -0.39 is 0 Å². The van der Waals surface area contributed by atoms with Crippen molar-refractivity contribution < 1.29 is 19.1 Å². The lowest BCUT2D eigenvalue weighted by atomic mass is 9.97. The lowest BCUT2D eigenvalue weighted by Gasteiger charge is -2.30. The van der Waals surface area contributed by atoms with E-state index in [0.717, 1.165) is 62.3 Å². The minimum absolute atomic E-state index is 0.0496. The average Bonchev–Trinajstić information content (AvgIpc) is 3.70. The van der Waals surface area contributed by atoms with Crippen molar-refractivity contribution in [2.24, 2.45) is 5.92 Å². The Kier molecular flexibility index (Phi) is 8.22. The van der Waals surface area contributed by atoms with Crippen LogP contribution in [0.4, 0.5) is 5.69 Å². The maximum Gasteiger partial charge on any atom is 0.309 e. The molecule has 1 amide bonds. The molecule has 0 atom stereocenters. The minimum Gasteiger partial charge on any atom is -0.494 e. The standard InChI is InChI=1S/C33H37N9O4/c1-3-46-33(44)21-7-13-40(14-8-21)15-11-36-32(43)30-24-19-37-26(23-20-38-41-12-5-10-35-31(23)41)17-27(24)42(39-30)28-16-22-6-4-9-34-25(22)18-29(28)45-2/h5,10,12,16-21,34H,3-4,6-9,11,13-15H2,1-2H3,(H,36,43). The topological polar surface area (TPSA) is 141 Å². The van der Waals surface area contributed by atoms with E-state index in [2.05, 4.69) is 31.7 Å². The Bertz CT molecular complexity index is 1910. The predicted octanol–water partition coefficient (Wildman–Crippen LogP) is 3.50. The number of hydrogen-bond acceptors (Lipinski definition) is 10. The first-order chi connectivity index (χ1) is 22.5. The Hall–Kier alpha value is -5.04. The van der Waals surface area contributed by atoms with Crippen LogP contribution in [0.2, 0.25) is 0 Å². The quantitative estimate of drug-likeness (QED) is 0.235. The number of anilines is 1. The number of aryl methyl sites for hydroxylation is 1. The van der Waals surface area contributed by atoms with Crippen molar-refractivity contribution in [2.45, 2.75) is 32.6 Å².